The number of benzene rings is 1. The molecule has 6 heteroatoms. The van der Waals surface area contributed by atoms with Gasteiger partial charge in [0.15, 0.2) is 5.01 Å². The van der Waals surface area contributed by atoms with Gasteiger partial charge in [0.25, 0.3) is 5.91 Å². The average Bonchev–Trinajstić information content (AvgIpc) is 2.90. The normalized spacial score (nSPS) is 16.6. The lowest BCUT2D eigenvalue weighted by atomic mass is 10.3. The fraction of sp³-hybridized carbons (Fsp3) is 0.429. The van der Waals surface area contributed by atoms with Gasteiger partial charge >= 0.3 is 0 Å². The first kappa shape index (κ1) is 13.3. The van der Waals surface area contributed by atoms with Crippen molar-refractivity contribution in [3.8, 4) is 5.75 Å². The van der Waals surface area contributed by atoms with Crippen LogP contribution in [0.25, 0.3) is 10.2 Å². The molecule has 106 valence electrons. The van der Waals surface area contributed by atoms with E-state index in [1.54, 1.807) is 7.11 Å². The third-order valence-electron chi connectivity index (χ3n) is 3.57. The van der Waals surface area contributed by atoms with Gasteiger partial charge in [-0.3, -0.25) is 4.79 Å². The Hall–Kier alpha value is -1.66. The summed E-state index contributed by atoms with van der Waals surface area (Å²) in [4.78, 5) is 21.0. The summed E-state index contributed by atoms with van der Waals surface area (Å²) in [5, 5.41) is 0.567. The van der Waals surface area contributed by atoms with Gasteiger partial charge in [-0.15, -0.1) is 11.3 Å². The van der Waals surface area contributed by atoms with Crippen LogP contribution in [-0.2, 0) is 0 Å². The van der Waals surface area contributed by atoms with Crippen LogP contribution < -0.4 is 4.74 Å². The molecular formula is C14H17N3O2S. The van der Waals surface area contributed by atoms with Crippen LogP contribution in [0.5, 0.6) is 5.75 Å². The number of thiazole rings is 1. The first-order chi connectivity index (χ1) is 9.67. The van der Waals surface area contributed by atoms with Crippen molar-refractivity contribution in [2.45, 2.75) is 0 Å². The second kappa shape index (κ2) is 5.38. The van der Waals surface area contributed by atoms with Gasteiger partial charge in [0.1, 0.15) is 5.75 Å². The van der Waals surface area contributed by atoms with Gasteiger partial charge < -0.3 is 14.5 Å². The van der Waals surface area contributed by atoms with E-state index in [4.69, 9.17) is 4.74 Å². The molecule has 1 saturated heterocycles. The van der Waals surface area contributed by atoms with Crippen LogP contribution in [0.3, 0.4) is 0 Å². The monoisotopic (exact) mass is 291 g/mol. The number of hydrogen-bond acceptors (Lipinski definition) is 5. The number of hydrogen-bond donors (Lipinski definition) is 0. The Morgan fingerprint density at radius 2 is 2.05 bits per heavy atom. The second-order valence-corrected chi connectivity index (χ2v) is 5.98. The molecule has 0 aliphatic carbocycles. The SMILES string of the molecule is COc1ccc2nc(C(=O)N3CCN(C)CC3)sc2c1. The smallest absolute Gasteiger partial charge is 0.282 e. The van der Waals surface area contributed by atoms with Crippen molar-refractivity contribution in [3.05, 3.63) is 23.2 Å². The predicted molar refractivity (Wildman–Crippen MR) is 79.6 cm³/mol. The number of carbonyl (C=O) groups is 1. The molecule has 0 saturated carbocycles. The lowest BCUT2D eigenvalue weighted by Gasteiger charge is -2.31. The molecule has 0 bridgehead atoms. The molecule has 0 unspecified atom stereocenters. The largest absolute Gasteiger partial charge is 0.497 e. The summed E-state index contributed by atoms with van der Waals surface area (Å²) in [6.45, 7) is 3.39. The minimum Gasteiger partial charge on any atom is -0.497 e. The lowest BCUT2D eigenvalue weighted by molar-refractivity contribution is 0.0664. The summed E-state index contributed by atoms with van der Waals surface area (Å²) in [5.41, 5.74) is 0.855. The third kappa shape index (κ3) is 2.48. The second-order valence-electron chi connectivity index (χ2n) is 4.95. The average molecular weight is 291 g/mol. The summed E-state index contributed by atoms with van der Waals surface area (Å²) in [6, 6.07) is 5.69. The molecule has 2 aromatic rings. The molecule has 20 heavy (non-hydrogen) atoms. The van der Waals surface area contributed by atoms with Gasteiger partial charge in [-0.25, -0.2) is 4.98 Å². The number of carbonyl (C=O) groups excluding carboxylic acids is 1. The maximum atomic E-state index is 12.5. The minimum atomic E-state index is 0.0401. The maximum Gasteiger partial charge on any atom is 0.282 e. The Labute approximate surface area is 121 Å². The van der Waals surface area contributed by atoms with E-state index in [1.165, 1.54) is 11.3 Å². The van der Waals surface area contributed by atoms with E-state index in [9.17, 15) is 4.79 Å². The number of piperazine rings is 1. The van der Waals surface area contributed by atoms with Crippen LogP contribution >= 0.6 is 11.3 Å². The van der Waals surface area contributed by atoms with Crippen molar-refractivity contribution in [2.75, 3.05) is 40.3 Å². The maximum absolute atomic E-state index is 12.5. The zero-order valence-corrected chi connectivity index (χ0v) is 12.4. The molecule has 1 amide bonds. The Morgan fingerprint density at radius 1 is 1.30 bits per heavy atom. The highest BCUT2D eigenvalue weighted by Crippen LogP contribution is 2.27. The number of fused-ring (bicyclic) bond motifs is 1. The number of likely N-dealkylation sites (N-methyl/N-ethyl adjacent to an activating group) is 1. The molecule has 1 aliphatic heterocycles. The molecule has 3 rings (SSSR count). The number of amides is 1. The standard InChI is InChI=1S/C14H17N3O2S/c1-16-5-7-17(8-6-16)14(18)13-15-11-4-3-10(19-2)9-12(11)20-13/h3-4,9H,5-8H2,1-2H3. The highest BCUT2D eigenvalue weighted by Gasteiger charge is 2.23. The topological polar surface area (TPSA) is 45.7 Å². The Morgan fingerprint density at radius 3 is 2.75 bits per heavy atom. The molecule has 1 aromatic carbocycles. The van der Waals surface area contributed by atoms with Crippen molar-refractivity contribution in [1.82, 2.24) is 14.8 Å². The van der Waals surface area contributed by atoms with E-state index < -0.39 is 0 Å². The zero-order chi connectivity index (χ0) is 14.1. The number of ether oxygens (including phenoxy) is 1. The minimum absolute atomic E-state index is 0.0401. The van der Waals surface area contributed by atoms with Crippen molar-refractivity contribution in [3.63, 3.8) is 0 Å². The van der Waals surface area contributed by atoms with Gasteiger partial charge in [0, 0.05) is 26.2 Å². The molecular weight excluding hydrogens is 274 g/mol. The van der Waals surface area contributed by atoms with E-state index >= 15 is 0 Å². The number of methoxy groups -OCH3 is 1. The molecule has 0 N–H and O–H groups in total. The van der Waals surface area contributed by atoms with Gasteiger partial charge in [0.05, 0.1) is 17.3 Å². The highest BCUT2D eigenvalue weighted by atomic mass is 32.1. The molecule has 0 atom stereocenters. The highest BCUT2D eigenvalue weighted by molar-refractivity contribution is 7.20. The van der Waals surface area contributed by atoms with Crippen LogP contribution in [0.2, 0.25) is 0 Å². The van der Waals surface area contributed by atoms with Crippen LogP contribution in [-0.4, -0.2) is 61.0 Å². The summed E-state index contributed by atoms with van der Waals surface area (Å²) < 4.78 is 6.19. The quantitative estimate of drug-likeness (QED) is 0.845. The Bertz CT molecular complexity index is 632. The fourth-order valence-electron chi connectivity index (χ4n) is 2.27. The summed E-state index contributed by atoms with van der Waals surface area (Å²) >= 11 is 1.43. The van der Waals surface area contributed by atoms with Crippen LogP contribution in [0.4, 0.5) is 0 Å². The molecule has 0 spiro atoms. The van der Waals surface area contributed by atoms with Crippen molar-refractivity contribution < 1.29 is 9.53 Å². The van der Waals surface area contributed by atoms with Crippen molar-refractivity contribution >= 4 is 27.5 Å². The fourth-order valence-corrected chi connectivity index (χ4v) is 3.23. The Balaban J connectivity index is 1.84. The van der Waals surface area contributed by atoms with Crippen LogP contribution in [0.1, 0.15) is 9.80 Å². The number of nitrogens with zero attached hydrogens (tertiary/aromatic N) is 3. The lowest BCUT2D eigenvalue weighted by Crippen LogP contribution is -2.47. The summed E-state index contributed by atoms with van der Waals surface area (Å²) in [7, 11) is 3.71. The Kier molecular flexibility index (Phi) is 3.58. The van der Waals surface area contributed by atoms with Crippen molar-refractivity contribution in [1.29, 1.82) is 0 Å². The molecule has 1 aliphatic rings. The zero-order valence-electron chi connectivity index (χ0n) is 11.6. The van der Waals surface area contributed by atoms with Crippen molar-refractivity contribution in [2.24, 2.45) is 0 Å². The van der Waals surface area contributed by atoms with Gasteiger partial charge in [-0.2, -0.15) is 0 Å². The van der Waals surface area contributed by atoms with Gasteiger partial charge in [-0.1, -0.05) is 0 Å². The first-order valence-corrected chi connectivity index (χ1v) is 7.41. The van der Waals surface area contributed by atoms with E-state index in [0.29, 0.717) is 5.01 Å². The number of aromatic nitrogens is 1. The third-order valence-corrected chi connectivity index (χ3v) is 4.58. The summed E-state index contributed by atoms with van der Waals surface area (Å²) in [6.07, 6.45) is 0. The molecule has 1 fully saturated rings. The summed E-state index contributed by atoms with van der Waals surface area (Å²) in [5.74, 6) is 0.831. The van der Waals surface area contributed by atoms with E-state index in [2.05, 4.69) is 16.9 Å². The molecule has 1 aromatic heterocycles. The number of rotatable bonds is 2. The van der Waals surface area contributed by atoms with E-state index in [-0.39, 0.29) is 5.91 Å². The van der Waals surface area contributed by atoms with E-state index in [0.717, 1.165) is 42.1 Å². The molecule has 2 heterocycles. The molecule has 5 nitrogen and oxygen atoms in total. The first-order valence-electron chi connectivity index (χ1n) is 6.60. The predicted octanol–water partition coefficient (Wildman–Crippen LogP) is 1.69. The molecule has 0 radical (unpaired) electrons. The van der Waals surface area contributed by atoms with Crippen LogP contribution in [0.15, 0.2) is 18.2 Å². The van der Waals surface area contributed by atoms with Gasteiger partial charge in [0.2, 0.25) is 0 Å². The van der Waals surface area contributed by atoms with Crippen LogP contribution in [0, 0.1) is 0 Å². The van der Waals surface area contributed by atoms with Gasteiger partial charge in [-0.05, 0) is 25.2 Å². The van der Waals surface area contributed by atoms with E-state index in [1.807, 2.05) is 23.1 Å².